The highest BCUT2D eigenvalue weighted by atomic mass is 32.2. The molecule has 0 atom stereocenters. The molecule has 1 aliphatic rings. The zero-order valence-electron chi connectivity index (χ0n) is 18.1. The van der Waals surface area contributed by atoms with E-state index in [0.29, 0.717) is 30.2 Å². The number of nitrogens with zero attached hydrogens (tertiary/aromatic N) is 2. The molecule has 0 radical (unpaired) electrons. The van der Waals surface area contributed by atoms with E-state index in [1.807, 2.05) is 43.0 Å². The molecule has 0 bridgehead atoms. The van der Waals surface area contributed by atoms with Gasteiger partial charge in [0.05, 0.1) is 32.3 Å². The molecule has 0 unspecified atom stereocenters. The SMILES string of the molecule is COc1ccc(CCn2c(C)cc(C(=O)CN3CCS(=O)(=O)CC3)c2C)cc1OC. The van der Waals surface area contributed by atoms with Crippen LogP contribution in [0.4, 0.5) is 0 Å². The van der Waals surface area contributed by atoms with Gasteiger partial charge in [0.15, 0.2) is 27.1 Å². The van der Waals surface area contributed by atoms with Crippen LogP contribution in [0.15, 0.2) is 24.3 Å². The number of hydrogen-bond acceptors (Lipinski definition) is 6. The van der Waals surface area contributed by atoms with E-state index < -0.39 is 9.84 Å². The number of benzene rings is 1. The Hall–Kier alpha value is -2.32. The number of hydrogen-bond donors (Lipinski definition) is 0. The number of methoxy groups -OCH3 is 2. The van der Waals surface area contributed by atoms with Gasteiger partial charge in [-0.25, -0.2) is 8.42 Å². The van der Waals surface area contributed by atoms with Crippen molar-refractivity contribution in [3.8, 4) is 11.5 Å². The summed E-state index contributed by atoms with van der Waals surface area (Å²) in [4.78, 5) is 14.8. The summed E-state index contributed by atoms with van der Waals surface area (Å²) in [6.45, 7) is 5.83. The monoisotopic (exact) mass is 434 g/mol. The first kappa shape index (κ1) is 22.4. The maximum Gasteiger partial charge on any atom is 0.178 e. The predicted octanol–water partition coefficient (Wildman–Crippen LogP) is 2.28. The molecule has 0 aliphatic carbocycles. The molecule has 0 saturated carbocycles. The fourth-order valence-electron chi connectivity index (χ4n) is 3.90. The summed E-state index contributed by atoms with van der Waals surface area (Å²) in [5.74, 6) is 1.71. The second kappa shape index (κ2) is 9.22. The molecule has 30 heavy (non-hydrogen) atoms. The average Bonchev–Trinajstić information content (AvgIpc) is 3.01. The van der Waals surface area contributed by atoms with Gasteiger partial charge in [-0.3, -0.25) is 9.69 Å². The topological polar surface area (TPSA) is 77.8 Å². The van der Waals surface area contributed by atoms with Gasteiger partial charge in [-0.2, -0.15) is 0 Å². The van der Waals surface area contributed by atoms with E-state index in [2.05, 4.69) is 4.57 Å². The van der Waals surface area contributed by atoms with Gasteiger partial charge in [-0.15, -0.1) is 0 Å². The first-order chi connectivity index (χ1) is 14.2. The summed E-state index contributed by atoms with van der Waals surface area (Å²) >= 11 is 0. The molecule has 1 fully saturated rings. The molecular weight excluding hydrogens is 404 g/mol. The molecule has 1 saturated heterocycles. The minimum Gasteiger partial charge on any atom is -0.493 e. The van der Waals surface area contributed by atoms with Crippen LogP contribution in [0.1, 0.15) is 27.3 Å². The van der Waals surface area contributed by atoms with E-state index in [9.17, 15) is 13.2 Å². The third kappa shape index (κ3) is 5.05. The van der Waals surface area contributed by atoms with Crippen molar-refractivity contribution in [2.24, 2.45) is 0 Å². The molecule has 2 heterocycles. The number of Topliss-reactive ketones (excluding diaryl/α,β-unsaturated/α-hetero) is 1. The van der Waals surface area contributed by atoms with Crippen LogP contribution in [-0.4, -0.2) is 69.0 Å². The highest BCUT2D eigenvalue weighted by Gasteiger charge is 2.24. The summed E-state index contributed by atoms with van der Waals surface area (Å²) < 4.78 is 36.0. The highest BCUT2D eigenvalue weighted by Crippen LogP contribution is 2.28. The van der Waals surface area contributed by atoms with Gasteiger partial charge in [0.2, 0.25) is 0 Å². The molecular formula is C22H30N2O5S. The maximum atomic E-state index is 12.9. The number of ketones is 1. The van der Waals surface area contributed by atoms with E-state index in [0.717, 1.165) is 29.9 Å². The summed E-state index contributed by atoms with van der Waals surface area (Å²) in [7, 11) is 0.295. The molecule has 8 heteroatoms. The Morgan fingerprint density at radius 2 is 1.70 bits per heavy atom. The fourth-order valence-corrected chi connectivity index (χ4v) is 5.18. The second-order valence-electron chi connectivity index (χ2n) is 7.73. The molecule has 0 amide bonds. The normalized spacial score (nSPS) is 16.4. The number of aryl methyl sites for hydroxylation is 2. The third-order valence-corrected chi connectivity index (χ3v) is 7.36. The number of sulfone groups is 1. The van der Waals surface area contributed by atoms with Gasteiger partial charge in [0.1, 0.15) is 0 Å². The Morgan fingerprint density at radius 1 is 1.03 bits per heavy atom. The first-order valence-electron chi connectivity index (χ1n) is 10.1. The Balaban J connectivity index is 1.67. The molecule has 0 N–H and O–H groups in total. The molecule has 3 rings (SSSR count). The number of carbonyl (C=O) groups excluding carboxylic acids is 1. The van der Waals surface area contributed by atoms with Gasteiger partial charge in [0, 0.05) is 36.6 Å². The van der Waals surface area contributed by atoms with Crippen LogP contribution in [0.3, 0.4) is 0 Å². The molecule has 0 spiro atoms. The highest BCUT2D eigenvalue weighted by molar-refractivity contribution is 7.91. The number of carbonyl (C=O) groups is 1. The standard InChI is InChI=1S/C22H30N2O5S/c1-16-13-19(20(25)15-23-9-11-30(26,27)12-10-23)17(2)24(16)8-7-18-5-6-21(28-3)22(14-18)29-4/h5-6,13-14H,7-12,15H2,1-4H3. The lowest BCUT2D eigenvalue weighted by Crippen LogP contribution is -2.42. The lowest BCUT2D eigenvalue weighted by molar-refractivity contribution is 0.0935. The predicted molar refractivity (Wildman–Crippen MR) is 117 cm³/mol. The van der Waals surface area contributed by atoms with Crippen molar-refractivity contribution >= 4 is 15.6 Å². The van der Waals surface area contributed by atoms with Crippen LogP contribution in [-0.2, 0) is 22.8 Å². The van der Waals surface area contributed by atoms with Crippen molar-refractivity contribution in [1.29, 1.82) is 0 Å². The van der Waals surface area contributed by atoms with Crippen molar-refractivity contribution in [2.45, 2.75) is 26.8 Å². The minimum absolute atomic E-state index is 0.0414. The van der Waals surface area contributed by atoms with Gasteiger partial charge < -0.3 is 14.0 Å². The molecule has 2 aromatic rings. The smallest absolute Gasteiger partial charge is 0.178 e. The summed E-state index contributed by atoms with van der Waals surface area (Å²) in [6.07, 6.45) is 0.800. The lowest BCUT2D eigenvalue weighted by atomic mass is 10.1. The van der Waals surface area contributed by atoms with Crippen molar-refractivity contribution < 1.29 is 22.7 Å². The van der Waals surface area contributed by atoms with Crippen LogP contribution in [0.25, 0.3) is 0 Å². The third-order valence-electron chi connectivity index (χ3n) is 5.75. The van der Waals surface area contributed by atoms with Crippen LogP contribution in [0, 0.1) is 13.8 Å². The second-order valence-corrected chi connectivity index (χ2v) is 10.0. The Bertz CT molecular complexity index is 1010. The Kier molecular flexibility index (Phi) is 6.88. The van der Waals surface area contributed by atoms with Gasteiger partial charge in [-0.05, 0) is 44.0 Å². The van der Waals surface area contributed by atoms with Crippen LogP contribution >= 0.6 is 0 Å². The molecule has 7 nitrogen and oxygen atoms in total. The van der Waals surface area contributed by atoms with E-state index >= 15 is 0 Å². The zero-order chi connectivity index (χ0) is 21.9. The van der Waals surface area contributed by atoms with Crippen molar-refractivity contribution in [3.63, 3.8) is 0 Å². The average molecular weight is 435 g/mol. The van der Waals surface area contributed by atoms with Gasteiger partial charge in [-0.1, -0.05) is 6.07 Å². The van der Waals surface area contributed by atoms with Crippen molar-refractivity contribution in [2.75, 3.05) is 45.4 Å². The lowest BCUT2D eigenvalue weighted by Gasteiger charge is -2.25. The number of aromatic nitrogens is 1. The number of rotatable bonds is 8. The van der Waals surface area contributed by atoms with Crippen LogP contribution < -0.4 is 9.47 Å². The maximum absolute atomic E-state index is 12.9. The van der Waals surface area contributed by atoms with Crippen molar-refractivity contribution in [1.82, 2.24) is 9.47 Å². The quantitative estimate of drug-likeness (QED) is 0.593. The summed E-state index contributed by atoms with van der Waals surface area (Å²) in [5.41, 5.74) is 3.83. The van der Waals surface area contributed by atoms with Crippen LogP contribution in [0.5, 0.6) is 11.5 Å². The van der Waals surface area contributed by atoms with E-state index in [4.69, 9.17) is 9.47 Å². The molecule has 1 aromatic carbocycles. The molecule has 1 aliphatic heterocycles. The Labute approximate surface area is 178 Å². The van der Waals surface area contributed by atoms with Gasteiger partial charge >= 0.3 is 0 Å². The minimum atomic E-state index is -2.94. The molecule has 164 valence electrons. The van der Waals surface area contributed by atoms with Gasteiger partial charge in [0.25, 0.3) is 0 Å². The fraction of sp³-hybridized carbons (Fsp3) is 0.500. The van der Waals surface area contributed by atoms with E-state index in [1.165, 1.54) is 0 Å². The summed E-state index contributed by atoms with van der Waals surface area (Å²) in [5, 5.41) is 0. The number of ether oxygens (including phenoxy) is 2. The van der Waals surface area contributed by atoms with E-state index in [-0.39, 0.29) is 23.8 Å². The zero-order valence-corrected chi connectivity index (χ0v) is 18.9. The molecule has 1 aromatic heterocycles. The van der Waals surface area contributed by atoms with Crippen molar-refractivity contribution in [3.05, 3.63) is 46.8 Å². The summed E-state index contributed by atoms with van der Waals surface area (Å²) in [6, 6.07) is 7.83. The largest absolute Gasteiger partial charge is 0.493 e. The van der Waals surface area contributed by atoms with E-state index in [1.54, 1.807) is 14.2 Å². The first-order valence-corrected chi connectivity index (χ1v) is 11.9. The van der Waals surface area contributed by atoms with Crippen LogP contribution in [0.2, 0.25) is 0 Å². The Morgan fingerprint density at radius 3 is 2.33 bits per heavy atom.